The lowest BCUT2D eigenvalue weighted by atomic mass is 10.1. The van der Waals surface area contributed by atoms with Gasteiger partial charge >= 0.3 is 0 Å². The van der Waals surface area contributed by atoms with E-state index in [2.05, 4.69) is 27.5 Å². The summed E-state index contributed by atoms with van der Waals surface area (Å²) in [7, 11) is 1.72. The van der Waals surface area contributed by atoms with Crippen LogP contribution < -0.4 is 0 Å². The van der Waals surface area contributed by atoms with Gasteiger partial charge in [0, 0.05) is 25.1 Å². The summed E-state index contributed by atoms with van der Waals surface area (Å²) in [5.74, 6) is 0. The molecular weight excluding hydrogens is 270 g/mol. The first-order chi connectivity index (χ1) is 9.72. The van der Waals surface area contributed by atoms with Crippen molar-refractivity contribution in [2.24, 2.45) is 0 Å². The summed E-state index contributed by atoms with van der Waals surface area (Å²) in [6.45, 7) is 2.88. The first-order valence-corrected chi connectivity index (χ1v) is 7.10. The first kappa shape index (κ1) is 13.3. The Labute approximate surface area is 122 Å². The van der Waals surface area contributed by atoms with Gasteiger partial charge in [0.05, 0.1) is 22.7 Å². The van der Waals surface area contributed by atoms with E-state index in [4.69, 9.17) is 17.0 Å². The topological polar surface area (TPSA) is 42.8 Å². The Morgan fingerprint density at radius 1 is 1.40 bits per heavy atom. The summed E-state index contributed by atoms with van der Waals surface area (Å²) >= 11 is 5.48. The Hall–Kier alpha value is -1.72. The predicted octanol–water partition coefficient (Wildman–Crippen LogP) is 3.84. The fourth-order valence-electron chi connectivity index (χ4n) is 2.59. The van der Waals surface area contributed by atoms with Crippen LogP contribution in [-0.2, 0) is 4.74 Å². The standard InChI is InChI=1S/C15H17N3OS/c1-10(7-8-19-2)18-14-11-5-3-4-6-12(11)16-9-13(14)17-15(18)20/h3-6,9-10H,7-8H2,1-2H3,(H,17,20). The molecule has 1 aromatic carbocycles. The predicted molar refractivity (Wildman–Crippen MR) is 83.6 cm³/mol. The summed E-state index contributed by atoms with van der Waals surface area (Å²) in [5.41, 5.74) is 3.10. The highest BCUT2D eigenvalue weighted by atomic mass is 32.1. The highest BCUT2D eigenvalue weighted by Gasteiger charge is 2.14. The van der Waals surface area contributed by atoms with Gasteiger partial charge in [-0.1, -0.05) is 18.2 Å². The number of para-hydroxylation sites is 1. The summed E-state index contributed by atoms with van der Waals surface area (Å²) in [5, 5.41) is 1.13. The van der Waals surface area contributed by atoms with Gasteiger partial charge in [-0.05, 0) is 31.6 Å². The Balaban J connectivity index is 2.27. The number of methoxy groups -OCH3 is 1. The van der Waals surface area contributed by atoms with Crippen LogP contribution in [-0.4, -0.2) is 28.3 Å². The van der Waals surface area contributed by atoms with E-state index in [1.165, 1.54) is 0 Å². The van der Waals surface area contributed by atoms with E-state index in [0.29, 0.717) is 0 Å². The number of aromatic nitrogens is 3. The Morgan fingerprint density at radius 2 is 2.20 bits per heavy atom. The van der Waals surface area contributed by atoms with Crippen LogP contribution in [0.2, 0.25) is 0 Å². The average molecular weight is 287 g/mol. The molecule has 0 aliphatic heterocycles. The molecule has 0 amide bonds. The number of rotatable bonds is 4. The van der Waals surface area contributed by atoms with Gasteiger partial charge in [-0.15, -0.1) is 0 Å². The van der Waals surface area contributed by atoms with Crippen LogP contribution in [0.15, 0.2) is 30.5 Å². The normalized spacial score (nSPS) is 13.1. The monoisotopic (exact) mass is 287 g/mol. The Morgan fingerprint density at radius 3 is 3.00 bits per heavy atom. The molecule has 0 radical (unpaired) electrons. The maximum Gasteiger partial charge on any atom is 0.178 e. The second-order valence-electron chi connectivity index (χ2n) is 4.97. The lowest BCUT2D eigenvalue weighted by Crippen LogP contribution is -2.08. The molecule has 3 aromatic rings. The second-order valence-corrected chi connectivity index (χ2v) is 5.35. The number of H-pyrrole nitrogens is 1. The molecule has 4 nitrogen and oxygen atoms in total. The summed E-state index contributed by atoms with van der Waals surface area (Å²) in [6.07, 6.45) is 2.78. The number of hydrogen-bond acceptors (Lipinski definition) is 3. The van der Waals surface area contributed by atoms with Gasteiger partial charge in [-0.25, -0.2) is 0 Å². The molecule has 0 fully saturated rings. The Bertz CT molecular complexity index is 806. The van der Waals surface area contributed by atoms with Crippen molar-refractivity contribution in [3.05, 3.63) is 35.2 Å². The van der Waals surface area contributed by atoms with Crippen molar-refractivity contribution in [2.45, 2.75) is 19.4 Å². The minimum Gasteiger partial charge on any atom is -0.385 e. The van der Waals surface area contributed by atoms with Gasteiger partial charge in [-0.3, -0.25) is 4.98 Å². The summed E-state index contributed by atoms with van der Waals surface area (Å²) in [6, 6.07) is 8.43. The molecule has 0 saturated heterocycles. The molecule has 5 heteroatoms. The van der Waals surface area contributed by atoms with E-state index in [1.54, 1.807) is 7.11 Å². The second kappa shape index (κ2) is 5.34. The Kier molecular flexibility index (Phi) is 3.54. The third-order valence-electron chi connectivity index (χ3n) is 3.63. The fourth-order valence-corrected chi connectivity index (χ4v) is 2.97. The minimum atomic E-state index is 0.280. The molecule has 2 aromatic heterocycles. The van der Waals surface area contributed by atoms with Crippen molar-refractivity contribution < 1.29 is 4.74 Å². The van der Waals surface area contributed by atoms with Crippen LogP contribution in [0.25, 0.3) is 21.9 Å². The number of fused-ring (bicyclic) bond motifs is 3. The number of ether oxygens (including phenoxy) is 1. The number of pyridine rings is 1. The summed E-state index contributed by atoms with van der Waals surface area (Å²) in [4.78, 5) is 7.72. The van der Waals surface area contributed by atoms with E-state index in [1.807, 2.05) is 24.4 Å². The highest BCUT2D eigenvalue weighted by molar-refractivity contribution is 7.71. The zero-order valence-electron chi connectivity index (χ0n) is 11.6. The van der Waals surface area contributed by atoms with E-state index in [-0.39, 0.29) is 6.04 Å². The average Bonchev–Trinajstić information content (AvgIpc) is 2.81. The van der Waals surface area contributed by atoms with Crippen molar-refractivity contribution in [1.82, 2.24) is 14.5 Å². The molecule has 2 heterocycles. The molecular formula is C15H17N3OS. The third kappa shape index (κ3) is 2.13. The molecule has 1 N–H and O–H groups in total. The zero-order valence-corrected chi connectivity index (χ0v) is 12.4. The number of nitrogens with zero attached hydrogens (tertiary/aromatic N) is 2. The van der Waals surface area contributed by atoms with Crippen LogP contribution in [0, 0.1) is 4.77 Å². The number of imidazole rings is 1. The van der Waals surface area contributed by atoms with Crippen molar-refractivity contribution in [3.8, 4) is 0 Å². The van der Waals surface area contributed by atoms with E-state index < -0.39 is 0 Å². The maximum absolute atomic E-state index is 5.48. The SMILES string of the molecule is COCCC(C)n1c(=S)[nH]c2cnc3ccccc3c21. The molecule has 1 atom stereocenters. The van der Waals surface area contributed by atoms with Crippen LogP contribution in [0.1, 0.15) is 19.4 Å². The van der Waals surface area contributed by atoms with Gasteiger partial charge in [0.25, 0.3) is 0 Å². The van der Waals surface area contributed by atoms with Gasteiger partial charge in [0.1, 0.15) is 0 Å². The number of hydrogen-bond donors (Lipinski definition) is 1. The van der Waals surface area contributed by atoms with E-state index >= 15 is 0 Å². The first-order valence-electron chi connectivity index (χ1n) is 6.69. The maximum atomic E-state index is 5.48. The molecule has 0 bridgehead atoms. The smallest absolute Gasteiger partial charge is 0.178 e. The molecule has 1 unspecified atom stereocenters. The van der Waals surface area contributed by atoms with Gasteiger partial charge in [0.15, 0.2) is 4.77 Å². The molecule has 0 saturated carbocycles. The number of nitrogens with one attached hydrogen (secondary N) is 1. The van der Waals surface area contributed by atoms with E-state index in [9.17, 15) is 0 Å². The van der Waals surface area contributed by atoms with Crippen LogP contribution >= 0.6 is 12.2 Å². The molecule has 104 valence electrons. The quantitative estimate of drug-likeness (QED) is 0.741. The fraction of sp³-hybridized carbons (Fsp3) is 0.333. The van der Waals surface area contributed by atoms with Crippen molar-refractivity contribution >= 4 is 34.2 Å². The zero-order chi connectivity index (χ0) is 14.1. The molecule has 0 spiro atoms. The van der Waals surface area contributed by atoms with Crippen molar-refractivity contribution in [1.29, 1.82) is 0 Å². The summed E-state index contributed by atoms with van der Waals surface area (Å²) < 4.78 is 8.09. The molecule has 20 heavy (non-hydrogen) atoms. The van der Waals surface area contributed by atoms with Crippen molar-refractivity contribution in [3.63, 3.8) is 0 Å². The van der Waals surface area contributed by atoms with Crippen molar-refractivity contribution in [2.75, 3.05) is 13.7 Å². The number of aromatic amines is 1. The number of benzene rings is 1. The van der Waals surface area contributed by atoms with Crippen LogP contribution in [0.3, 0.4) is 0 Å². The van der Waals surface area contributed by atoms with Crippen LogP contribution in [0.5, 0.6) is 0 Å². The van der Waals surface area contributed by atoms with Crippen LogP contribution in [0.4, 0.5) is 0 Å². The third-order valence-corrected chi connectivity index (χ3v) is 3.93. The largest absolute Gasteiger partial charge is 0.385 e. The van der Waals surface area contributed by atoms with Gasteiger partial charge in [0.2, 0.25) is 0 Å². The highest BCUT2D eigenvalue weighted by Crippen LogP contribution is 2.27. The molecule has 3 rings (SSSR count). The molecule has 0 aliphatic carbocycles. The minimum absolute atomic E-state index is 0.280. The lowest BCUT2D eigenvalue weighted by Gasteiger charge is -2.15. The van der Waals surface area contributed by atoms with E-state index in [0.717, 1.165) is 39.7 Å². The molecule has 0 aliphatic rings. The van der Waals surface area contributed by atoms with Gasteiger partial charge in [-0.2, -0.15) is 0 Å². The van der Waals surface area contributed by atoms with Gasteiger partial charge < -0.3 is 14.3 Å². The lowest BCUT2D eigenvalue weighted by molar-refractivity contribution is 0.181.